The second-order valence-electron chi connectivity index (χ2n) is 9.84. The van der Waals surface area contributed by atoms with E-state index in [1.165, 1.54) is 47.1 Å². The van der Waals surface area contributed by atoms with Crippen molar-refractivity contribution in [2.75, 3.05) is 17.2 Å². The number of oxime groups is 1. The van der Waals surface area contributed by atoms with Gasteiger partial charge in [-0.2, -0.15) is 0 Å². The normalized spacial score (nSPS) is 17.7. The van der Waals surface area contributed by atoms with Gasteiger partial charge < -0.3 is 35.6 Å². The van der Waals surface area contributed by atoms with Crippen LogP contribution in [-0.4, -0.2) is 99.4 Å². The zero-order valence-corrected chi connectivity index (χ0v) is 29.5. The molecule has 2 aliphatic heterocycles. The third-order valence-electron chi connectivity index (χ3n) is 6.35. The molecule has 2 aliphatic rings. The average molecular weight is 782 g/mol. The highest BCUT2D eigenvalue weighted by Crippen LogP contribution is 2.42. The molecule has 1 saturated heterocycles. The van der Waals surface area contributed by atoms with Crippen LogP contribution in [0.15, 0.2) is 55.3 Å². The molecule has 5 N–H and O–H groups in total. The first-order chi connectivity index (χ1) is 23.8. The number of amides is 2. The van der Waals surface area contributed by atoms with Crippen LogP contribution in [0.25, 0.3) is 0 Å². The van der Waals surface area contributed by atoms with Gasteiger partial charge in [0.1, 0.15) is 27.0 Å². The van der Waals surface area contributed by atoms with Gasteiger partial charge in [-0.1, -0.05) is 21.4 Å². The van der Waals surface area contributed by atoms with E-state index in [4.69, 9.17) is 20.0 Å². The molecule has 4 heterocycles. The van der Waals surface area contributed by atoms with E-state index < -0.39 is 58.3 Å². The maximum Gasteiger partial charge on any atom is 0.358 e. The Morgan fingerprint density at radius 2 is 1.90 bits per heavy atom. The number of nitrogens with two attached hydrogens (primary N) is 1. The fourth-order valence-electron chi connectivity index (χ4n) is 4.36. The van der Waals surface area contributed by atoms with Crippen molar-refractivity contribution in [1.82, 2.24) is 24.8 Å². The molecule has 0 aliphatic carbocycles. The Morgan fingerprint density at radius 3 is 2.52 bits per heavy atom. The predicted molar refractivity (Wildman–Crippen MR) is 181 cm³/mol. The number of carbonyl (C=O) groups is 6. The van der Waals surface area contributed by atoms with Crippen LogP contribution >= 0.6 is 58.2 Å². The van der Waals surface area contributed by atoms with Crippen molar-refractivity contribution in [1.29, 1.82) is 0 Å². The van der Waals surface area contributed by atoms with Crippen molar-refractivity contribution >= 4 is 105 Å². The molecule has 50 heavy (non-hydrogen) atoms. The first-order valence-corrected chi connectivity index (χ1v) is 18.4. The predicted octanol–water partition coefficient (Wildman–Crippen LogP) is 1.88. The minimum Gasteiger partial charge on any atom is -0.478 e. The highest BCUT2D eigenvalue weighted by molar-refractivity contribution is 8.02. The lowest BCUT2D eigenvalue weighted by molar-refractivity contribution is -0.150. The van der Waals surface area contributed by atoms with Crippen molar-refractivity contribution in [2.45, 2.75) is 39.8 Å². The van der Waals surface area contributed by atoms with E-state index in [1.54, 1.807) is 6.20 Å². The minimum atomic E-state index is -1.77. The molecule has 23 heteroatoms. The fraction of sp³-hybridized carbons (Fsp3) is 0.259. The fourth-order valence-corrected chi connectivity index (χ4v) is 8.57. The van der Waals surface area contributed by atoms with Crippen molar-refractivity contribution in [3.05, 3.63) is 46.7 Å². The first kappa shape index (κ1) is 36.6. The zero-order valence-electron chi connectivity index (χ0n) is 25.5. The van der Waals surface area contributed by atoms with Crippen LogP contribution in [0.4, 0.5) is 5.13 Å². The van der Waals surface area contributed by atoms with Crippen LogP contribution in [0, 0.1) is 0 Å². The highest BCUT2D eigenvalue weighted by Gasteiger charge is 2.54. The maximum absolute atomic E-state index is 13.5. The number of thioether (sulfide) groups is 3. The van der Waals surface area contributed by atoms with Gasteiger partial charge in [0.2, 0.25) is 0 Å². The highest BCUT2D eigenvalue weighted by atomic mass is 32.2. The SMILES string of the molecule is CC(=O)Oc1ccc(S[C@@H](ON=C(C(=O)N[C@@H]2C(=O)N3C(C(=O)O)=C(CSc4cnns4)CS[C@@H]23)c2csc(N)n2)C(=O)O)cc1OC(C)=O. The summed E-state index contributed by atoms with van der Waals surface area (Å²) >= 11 is 5.32. The quantitative estimate of drug-likeness (QED) is 0.0346. The third kappa shape index (κ3) is 8.53. The number of thiazole rings is 1. The molecule has 2 aromatic heterocycles. The molecule has 1 fully saturated rings. The number of anilines is 1. The molecule has 18 nitrogen and oxygen atoms in total. The van der Waals surface area contributed by atoms with Gasteiger partial charge in [0.05, 0.1) is 6.20 Å². The van der Waals surface area contributed by atoms with Crippen LogP contribution in [-0.2, 0) is 33.6 Å². The lowest BCUT2D eigenvalue weighted by Crippen LogP contribution is -2.71. The van der Waals surface area contributed by atoms with Gasteiger partial charge in [0, 0.05) is 35.6 Å². The molecule has 1 aromatic carbocycles. The van der Waals surface area contributed by atoms with Gasteiger partial charge in [-0.05, 0) is 35.3 Å². The van der Waals surface area contributed by atoms with Gasteiger partial charge >= 0.3 is 23.9 Å². The monoisotopic (exact) mass is 781 g/mol. The summed E-state index contributed by atoms with van der Waals surface area (Å²) in [5.74, 6) is -5.54. The number of hydrogen-bond acceptors (Lipinski definition) is 19. The molecule has 262 valence electrons. The average Bonchev–Trinajstić information content (AvgIpc) is 3.74. The van der Waals surface area contributed by atoms with E-state index in [0.717, 1.165) is 45.8 Å². The molecule has 2 amide bonds. The van der Waals surface area contributed by atoms with Gasteiger partial charge in [-0.3, -0.25) is 24.1 Å². The van der Waals surface area contributed by atoms with Gasteiger partial charge in [-0.15, -0.1) is 40.0 Å². The zero-order chi connectivity index (χ0) is 36.1. The smallest absolute Gasteiger partial charge is 0.358 e. The molecule has 0 radical (unpaired) electrons. The number of β-lactam (4-membered cyclic amide) rings is 1. The summed E-state index contributed by atoms with van der Waals surface area (Å²) in [6.07, 6.45) is 1.55. The molecule has 3 aromatic rings. The Bertz CT molecular complexity index is 1920. The number of hydrogen-bond donors (Lipinski definition) is 4. The van der Waals surface area contributed by atoms with Crippen molar-refractivity contribution < 1.29 is 53.3 Å². The topological polar surface area (TPSA) is 263 Å². The van der Waals surface area contributed by atoms with E-state index in [1.807, 2.05) is 0 Å². The molecular formula is C27H23N7O11S5. The number of carboxylic acid groups (broad SMARTS) is 2. The number of nitrogens with one attached hydrogen (secondary N) is 1. The number of carbonyl (C=O) groups excluding carboxylic acids is 4. The summed E-state index contributed by atoms with van der Waals surface area (Å²) in [4.78, 5) is 84.8. The van der Waals surface area contributed by atoms with E-state index in [2.05, 4.69) is 25.0 Å². The Balaban J connectivity index is 1.33. The number of aliphatic carboxylic acids is 2. The number of ether oxygens (including phenoxy) is 2. The van der Waals surface area contributed by atoms with Crippen LogP contribution in [0.2, 0.25) is 0 Å². The van der Waals surface area contributed by atoms with Crippen LogP contribution in [0.5, 0.6) is 11.5 Å². The Labute approximate surface area is 301 Å². The number of benzene rings is 1. The summed E-state index contributed by atoms with van der Waals surface area (Å²) < 4.78 is 14.7. The number of aromatic nitrogens is 3. The Hall–Kier alpha value is -4.71. The lowest BCUT2D eigenvalue weighted by atomic mass is 10.0. The maximum atomic E-state index is 13.5. The number of carboxylic acids is 2. The van der Waals surface area contributed by atoms with Crippen LogP contribution in [0.3, 0.4) is 0 Å². The van der Waals surface area contributed by atoms with Crippen molar-refractivity contribution in [3.63, 3.8) is 0 Å². The number of nitrogens with zero attached hydrogens (tertiary/aromatic N) is 5. The van der Waals surface area contributed by atoms with Gasteiger partial charge in [0.15, 0.2) is 22.3 Å². The molecule has 0 saturated carbocycles. The Kier molecular flexibility index (Phi) is 11.6. The summed E-state index contributed by atoms with van der Waals surface area (Å²) in [5.41, 5.74) is 3.75. The van der Waals surface area contributed by atoms with E-state index >= 15 is 0 Å². The summed E-state index contributed by atoms with van der Waals surface area (Å²) in [6, 6.07) is 2.76. The molecule has 0 spiro atoms. The third-order valence-corrected chi connectivity index (χ3v) is 11.3. The van der Waals surface area contributed by atoms with E-state index in [9.17, 15) is 39.0 Å². The number of esters is 2. The number of nitrogen functional groups attached to an aromatic ring is 1. The van der Waals surface area contributed by atoms with Crippen LogP contribution < -0.4 is 20.5 Å². The summed E-state index contributed by atoms with van der Waals surface area (Å²) in [6.45, 7) is 2.27. The number of rotatable bonds is 14. The minimum absolute atomic E-state index is 0.0556. The second kappa shape index (κ2) is 15.9. The standard InChI is InChI=1S/C27H23N7O11S5/c1-10(35)43-15-4-3-13(5-16(15)44-11(2)36)49-26(25(41)42)45-32-18(14-9-48-27(28)30-14)21(37)31-19-22(38)34-20(24(39)40)12(8-47-23(19)34)7-46-17-6-29-33-50-17/h3-6,9,19,23,26H,7-8H2,1-2H3,(H2,28,30)(H,31,37)(H,39,40)(H,41,42)/t19-,23+,26-/m1/s1. The van der Waals surface area contributed by atoms with Crippen molar-refractivity contribution in [2.24, 2.45) is 5.16 Å². The molecule has 0 bridgehead atoms. The molecule has 3 atom stereocenters. The Morgan fingerprint density at radius 1 is 1.16 bits per heavy atom. The van der Waals surface area contributed by atoms with E-state index in [0.29, 0.717) is 17.3 Å². The first-order valence-electron chi connectivity index (χ1n) is 13.8. The van der Waals surface area contributed by atoms with Crippen LogP contribution in [0.1, 0.15) is 19.5 Å². The summed E-state index contributed by atoms with van der Waals surface area (Å²) in [5, 5.41) is 30.6. The lowest BCUT2D eigenvalue weighted by Gasteiger charge is -2.49. The molecule has 5 rings (SSSR count). The van der Waals surface area contributed by atoms with E-state index in [-0.39, 0.29) is 44.4 Å². The largest absolute Gasteiger partial charge is 0.478 e. The molecule has 0 unspecified atom stereocenters. The van der Waals surface area contributed by atoms with Crippen molar-refractivity contribution in [3.8, 4) is 11.5 Å². The summed E-state index contributed by atoms with van der Waals surface area (Å²) in [7, 11) is 0. The second-order valence-corrected chi connectivity index (χ2v) is 15.0. The van der Waals surface area contributed by atoms with Gasteiger partial charge in [-0.25, -0.2) is 14.6 Å². The van der Waals surface area contributed by atoms with Gasteiger partial charge in [0.25, 0.3) is 17.3 Å². The number of fused-ring (bicyclic) bond motifs is 1. The molecular weight excluding hydrogens is 759 g/mol.